The van der Waals surface area contributed by atoms with Crippen LogP contribution in [0.1, 0.15) is 39.2 Å². The fraction of sp³-hybridized carbons (Fsp3) is 0.474. The van der Waals surface area contributed by atoms with Crippen LogP contribution in [0.5, 0.6) is 5.75 Å². The van der Waals surface area contributed by atoms with E-state index in [2.05, 4.69) is 36.4 Å². The first-order valence-electron chi connectivity index (χ1n) is 17.5. The number of hydrogen-bond donors (Lipinski definition) is 2. The van der Waals surface area contributed by atoms with Gasteiger partial charge in [-0.15, -0.1) is 0 Å². The summed E-state index contributed by atoms with van der Waals surface area (Å²) < 4.78 is 63.1. The van der Waals surface area contributed by atoms with Gasteiger partial charge in [0.2, 0.25) is 0 Å². The number of piperazine rings is 1. The minimum Gasteiger partial charge on any atom is -0.497 e. The van der Waals surface area contributed by atoms with Gasteiger partial charge in [0.15, 0.2) is 5.96 Å². The Kier molecular flexibility index (Phi) is 9.28. The van der Waals surface area contributed by atoms with Crippen LogP contribution >= 0.6 is 0 Å². The third-order valence-corrected chi connectivity index (χ3v) is 11.5. The summed E-state index contributed by atoms with van der Waals surface area (Å²) in [7, 11) is 1.47. The zero-order valence-electron chi connectivity index (χ0n) is 29.2. The van der Waals surface area contributed by atoms with Crippen molar-refractivity contribution in [2.75, 3.05) is 32.1 Å². The summed E-state index contributed by atoms with van der Waals surface area (Å²) in [4.78, 5) is 30.0. The molecule has 270 valence electrons. The van der Waals surface area contributed by atoms with Gasteiger partial charge in [-0.3, -0.25) is 14.3 Å². The van der Waals surface area contributed by atoms with Gasteiger partial charge in [-0.25, -0.2) is 14.4 Å². The van der Waals surface area contributed by atoms with Crippen molar-refractivity contribution in [2.24, 2.45) is 28.2 Å². The number of nitrogens with zero attached hydrogens (tertiary/aromatic N) is 5. The second-order valence-electron chi connectivity index (χ2n) is 14.7. The van der Waals surface area contributed by atoms with Gasteiger partial charge in [-0.2, -0.15) is 13.2 Å². The Hall–Kier alpha value is -4.52. The topological polar surface area (TPSA) is 96.7 Å². The highest BCUT2D eigenvalue weighted by Gasteiger charge is 2.56. The number of fused-ring (bicyclic) bond motifs is 3. The average Bonchev–Trinajstić information content (AvgIpc) is 3.11. The first kappa shape index (κ1) is 34.9. The van der Waals surface area contributed by atoms with Gasteiger partial charge in [0.1, 0.15) is 23.4 Å². The first-order valence-corrected chi connectivity index (χ1v) is 17.5. The molecule has 0 amide bonds. The van der Waals surface area contributed by atoms with Crippen LogP contribution in [-0.2, 0) is 13.0 Å². The lowest BCUT2D eigenvalue weighted by Crippen LogP contribution is -2.60. The van der Waals surface area contributed by atoms with E-state index in [1.54, 1.807) is 59.8 Å². The molecule has 2 bridgehead atoms. The van der Waals surface area contributed by atoms with Crippen LogP contribution in [0.2, 0.25) is 0 Å². The van der Waals surface area contributed by atoms with E-state index in [0.29, 0.717) is 63.6 Å². The summed E-state index contributed by atoms with van der Waals surface area (Å²) in [6, 6.07) is 11.6. The number of nitrogens with one attached hydrogen (secondary N) is 2. The summed E-state index contributed by atoms with van der Waals surface area (Å²) in [5.74, 6) is 2.06. The molecule has 8 rings (SSSR count). The average molecular weight is 706 g/mol. The number of ether oxygens (including phenoxy) is 1. The number of guanidine groups is 1. The zero-order chi connectivity index (χ0) is 36.1. The maximum Gasteiger partial charge on any atom is 0.405 e. The van der Waals surface area contributed by atoms with Crippen LogP contribution in [-0.4, -0.2) is 70.4 Å². The summed E-state index contributed by atoms with van der Waals surface area (Å²) in [5, 5.41) is 6.31. The number of rotatable bonds is 7. The largest absolute Gasteiger partial charge is 0.497 e. The highest BCUT2D eigenvalue weighted by molar-refractivity contribution is 5.96. The van der Waals surface area contributed by atoms with E-state index in [1.807, 2.05) is 0 Å². The molecule has 0 unspecified atom stereocenters. The van der Waals surface area contributed by atoms with Gasteiger partial charge >= 0.3 is 6.18 Å². The SMILES string of the molecule is COc1ccc(CCn2c(-c3cccnc3)nc3cc(NC(=N[C@H]4C[C@H]5C[C@@H]([C@@H]4C)C5(C)C)N4CCN[C@@H](C(F)(F)F)C4)ccc3c2=O)c(F)c1. The monoisotopic (exact) mass is 705 g/mol. The van der Waals surface area contributed by atoms with E-state index >= 15 is 0 Å². The number of pyridine rings is 1. The number of anilines is 1. The molecule has 0 spiro atoms. The molecule has 9 nitrogen and oxygen atoms in total. The fourth-order valence-electron chi connectivity index (χ4n) is 8.25. The Morgan fingerprint density at radius 1 is 1.16 bits per heavy atom. The lowest BCUT2D eigenvalue weighted by Gasteiger charge is -2.61. The molecular weight excluding hydrogens is 662 g/mol. The number of methoxy groups -OCH3 is 1. The molecule has 3 saturated carbocycles. The van der Waals surface area contributed by atoms with Crippen LogP contribution in [0.3, 0.4) is 0 Å². The predicted molar refractivity (Wildman–Crippen MR) is 189 cm³/mol. The van der Waals surface area contributed by atoms with Crippen molar-refractivity contribution < 1.29 is 22.3 Å². The molecule has 3 aliphatic carbocycles. The van der Waals surface area contributed by atoms with Crippen molar-refractivity contribution in [2.45, 2.75) is 64.8 Å². The van der Waals surface area contributed by atoms with Crippen molar-refractivity contribution in [3.05, 3.63) is 82.7 Å². The van der Waals surface area contributed by atoms with E-state index < -0.39 is 18.0 Å². The van der Waals surface area contributed by atoms with Gasteiger partial charge in [-0.1, -0.05) is 26.8 Å². The van der Waals surface area contributed by atoms with E-state index in [-0.39, 0.29) is 49.0 Å². The lowest BCUT2D eigenvalue weighted by atomic mass is 9.45. The Morgan fingerprint density at radius 3 is 2.67 bits per heavy atom. The Morgan fingerprint density at radius 2 is 1.98 bits per heavy atom. The van der Waals surface area contributed by atoms with E-state index in [1.165, 1.54) is 17.7 Å². The third kappa shape index (κ3) is 6.80. The minimum atomic E-state index is -4.40. The van der Waals surface area contributed by atoms with Gasteiger partial charge in [0.05, 0.1) is 24.1 Å². The molecule has 4 aliphatic rings. The minimum absolute atomic E-state index is 0.0259. The summed E-state index contributed by atoms with van der Waals surface area (Å²) in [6.45, 7) is 7.22. The van der Waals surface area contributed by atoms with Crippen LogP contribution < -0.4 is 20.9 Å². The molecule has 1 saturated heterocycles. The van der Waals surface area contributed by atoms with Crippen LogP contribution in [0.4, 0.5) is 23.2 Å². The Labute approximate surface area is 294 Å². The van der Waals surface area contributed by atoms with E-state index in [9.17, 15) is 22.4 Å². The lowest BCUT2D eigenvalue weighted by molar-refractivity contribution is -0.161. The van der Waals surface area contributed by atoms with Crippen LogP contribution in [0, 0.1) is 29.0 Å². The fourth-order valence-corrected chi connectivity index (χ4v) is 8.25. The van der Waals surface area contributed by atoms with Gasteiger partial charge in [0.25, 0.3) is 5.56 Å². The van der Waals surface area contributed by atoms with Crippen molar-refractivity contribution in [3.8, 4) is 17.1 Å². The van der Waals surface area contributed by atoms with Crippen molar-refractivity contribution >= 4 is 22.5 Å². The maximum atomic E-state index is 14.8. The molecule has 4 fully saturated rings. The van der Waals surface area contributed by atoms with Crippen LogP contribution in [0.25, 0.3) is 22.3 Å². The van der Waals surface area contributed by atoms with E-state index in [0.717, 1.165) is 12.8 Å². The molecule has 0 radical (unpaired) electrons. The number of aliphatic imine (C=N–C) groups is 1. The first-order chi connectivity index (χ1) is 24.3. The smallest absolute Gasteiger partial charge is 0.405 e. The molecule has 2 aromatic heterocycles. The molecular formula is C38H43F4N7O2. The molecule has 4 aromatic rings. The molecule has 3 heterocycles. The van der Waals surface area contributed by atoms with Gasteiger partial charge < -0.3 is 20.3 Å². The highest BCUT2D eigenvalue weighted by atomic mass is 19.4. The molecule has 1 aliphatic heterocycles. The summed E-state index contributed by atoms with van der Waals surface area (Å²) in [5.41, 5.74) is 1.93. The van der Waals surface area contributed by atoms with Gasteiger partial charge in [-0.05, 0) is 84.4 Å². The predicted octanol–water partition coefficient (Wildman–Crippen LogP) is 6.52. The summed E-state index contributed by atoms with van der Waals surface area (Å²) in [6.07, 6.45) is 1.12. The second-order valence-corrected chi connectivity index (χ2v) is 14.7. The van der Waals surface area contributed by atoms with Crippen molar-refractivity contribution in [3.63, 3.8) is 0 Å². The molecule has 2 aromatic carbocycles. The Bertz CT molecular complexity index is 2000. The quantitative estimate of drug-likeness (QED) is 0.128. The number of aromatic nitrogens is 3. The number of hydrogen-bond acceptors (Lipinski definition) is 6. The number of halogens is 4. The molecule has 5 atom stereocenters. The number of alkyl halides is 3. The van der Waals surface area contributed by atoms with E-state index in [4.69, 9.17) is 14.7 Å². The Balaban J connectivity index is 1.24. The summed E-state index contributed by atoms with van der Waals surface area (Å²) >= 11 is 0. The third-order valence-electron chi connectivity index (χ3n) is 11.5. The second kappa shape index (κ2) is 13.6. The number of aryl methyl sites for hydroxylation is 1. The van der Waals surface area contributed by atoms with Gasteiger partial charge in [0, 0.05) is 55.9 Å². The standard InChI is InChI=1S/C38H43F4N7O2/c1-22-29-16-25(37(29,2)3)17-31(22)47-36(48-15-13-44-33(21-48)38(40,41)42)45-26-8-10-28-32(18-26)46-34(24-6-5-12-43-20-24)49(35(28)50)14-11-23-7-9-27(51-4)19-30(23)39/h5-10,12,18-20,22,25,29,31,33,44H,11,13-17,21H2,1-4H3,(H,45,47)/t22-,25+,29-,31-,33+/m0/s1. The number of benzene rings is 2. The zero-order valence-corrected chi connectivity index (χ0v) is 29.2. The van der Waals surface area contributed by atoms with Crippen molar-refractivity contribution in [1.29, 1.82) is 0 Å². The maximum absolute atomic E-state index is 14.8. The van der Waals surface area contributed by atoms with Crippen LogP contribution in [0.15, 0.2) is 70.7 Å². The normalized spacial score (nSPS) is 24.7. The van der Waals surface area contributed by atoms with Crippen molar-refractivity contribution in [1.82, 2.24) is 24.8 Å². The molecule has 2 N–H and O–H groups in total. The molecule has 13 heteroatoms. The highest BCUT2D eigenvalue weighted by Crippen LogP contribution is 2.61. The molecule has 51 heavy (non-hydrogen) atoms.